The largest absolute Gasteiger partial charge is 0.341 e. The van der Waals surface area contributed by atoms with Crippen LogP contribution in [-0.4, -0.2) is 35.8 Å². The maximum absolute atomic E-state index is 13.5. The molecule has 0 spiro atoms. The molecule has 1 saturated carbocycles. The van der Waals surface area contributed by atoms with Crippen LogP contribution < -0.4 is 5.32 Å². The second-order valence-corrected chi connectivity index (χ2v) is 8.47. The Morgan fingerprint density at radius 3 is 2.38 bits per heavy atom. The number of likely N-dealkylation sites (tertiary alicyclic amines) is 1. The zero-order valence-electron chi connectivity index (χ0n) is 17.1. The van der Waals surface area contributed by atoms with E-state index in [2.05, 4.69) is 11.9 Å². The zero-order valence-corrected chi connectivity index (χ0v) is 17.1. The molecule has 0 aromatic heterocycles. The highest BCUT2D eigenvalue weighted by atomic mass is 19.2. The van der Waals surface area contributed by atoms with E-state index in [-0.39, 0.29) is 17.7 Å². The molecule has 1 N–H and O–H groups in total. The molecule has 1 saturated heterocycles. The summed E-state index contributed by atoms with van der Waals surface area (Å²) in [4.78, 5) is 27.1. The average molecular weight is 405 g/mol. The molecule has 0 bridgehead atoms. The van der Waals surface area contributed by atoms with E-state index in [4.69, 9.17) is 0 Å². The van der Waals surface area contributed by atoms with E-state index in [0.29, 0.717) is 43.8 Å². The Balaban J connectivity index is 1.56. The Hall–Kier alpha value is -2.24. The van der Waals surface area contributed by atoms with Crippen molar-refractivity contribution in [3.8, 4) is 0 Å². The van der Waals surface area contributed by atoms with Crippen LogP contribution in [0.25, 0.3) is 0 Å². The quantitative estimate of drug-likeness (QED) is 0.718. The molecule has 2 aliphatic rings. The lowest BCUT2D eigenvalue weighted by atomic mass is 9.89. The molecular formula is C23H30F2N2O2. The van der Waals surface area contributed by atoms with Crippen molar-refractivity contribution >= 4 is 11.8 Å². The first kappa shape index (κ1) is 21.5. The first-order chi connectivity index (χ1) is 13.8. The minimum Gasteiger partial charge on any atom is -0.341 e. The van der Waals surface area contributed by atoms with Gasteiger partial charge in [-0.3, -0.25) is 9.59 Å². The molecule has 1 heterocycles. The molecule has 4 nitrogen and oxygen atoms in total. The van der Waals surface area contributed by atoms with Gasteiger partial charge in [-0.25, -0.2) is 8.78 Å². The molecule has 3 rings (SSSR count). The first-order valence-electron chi connectivity index (χ1n) is 10.5. The lowest BCUT2D eigenvalue weighted by molar-refractivity contribution is -0.136. The number of benzene rings is 1. The maximum atomic E-state index is 13.5. The molecule has 1 aromatic rings. The van der Waals surface area contributed by atoms with E-state index in [1.165, 1.54) is 18.9 Å². The zero-order chi connectivity index (χ0) is 21.0. The van der Waals surface area contributed by atoms with Crippen LogP contribution in [0.2, 0.25) is 0 Å². The lowest BCUT2D eigenvalue weighted by Crippen LogP contribution is -2.51. The van der Waals surface area contributed by atoms with Crippen molar-refractivity contribution in [1.82, 2.24) is 10.2 Å². The second-order valence-electron chi connectivity index (χ2n) is 8.47. The molecule has 0 unspecified atom stereocenters. The van der Waals surface area contributed by atoms with Gasteiger partial charge in [0.1, 0.15) is 6.04 Å². The highest BCUT2D eigenvalue weighted by Gasteiger charge is 2.31. The van der Waals surface area contributed by atoms with E-state index >= 15 is 0 Å². The number of hydrogen-bond acceptors (Lipinski definition) is 2. The summed E-state index contributed by atoms with van der Waals surface area (Å²) in [5, 5.41) is 2.88. The van der Waals surface area contributed by atoms with Crippen LogP contribution in [0.15, 0.2) is 30.4 Å². The van der Waals surface area contributed by atoms with E-state index in [1.54, 1.807) is 17.9 Å². The summed E-state index contributed by atoms with van der Waals surface area (Å²) in [5.41, 5.74) is 1.38. The van der Waals surface area contributed by atoms with Gasteiger partial charge >= 0.3 is 0 Å². The van der Waals surface area contributed by atoms with Crippen molar-refractivity contribution < 1.29 is 18.4 Å². The van der Waals surface area contributed by atoms with Crippen LogP contribution in [0, 0.1) is 17.6 Å². The van der Waals surface area contributed by atoms with Gasteiger partial charge in [-0.15, -0.1) is 0 Å². The molecule has 1 aliphatic heterocycles. The summed E-state index contributed by atoms with van der Waals surface area (Å²) in [6.45, 7) is 6.69. The van der Waals surface area contributed by atoms with Gasteiger partial charge in [-0.2, -0.15) is 0 Å². The molecule has 2 amide bonds. The van der Waals surface area contributed by atoms with E-state index < -0.39 is 17.7 Å². The number of halogens is 2. The molecule has 1 atom stereocenters. The van der Waals surface area contributed by atoms with E-state index in [1.807, 2.05) is 0 Å². The number of hydrogen-bond donors (Lipinski definition) is 1. The van der Waals surface area contributed by atoms with Gasteiger partial charge in [-0.05, 0) is 67.7 Å². The average Bonchev–Trinajstić information content (AvgIpc) is 3.20. The number of piperidine rings is 1. The van der Waals surface area contributed by atoms with Gasteiger partial charge in [0, 0.05) is 19.5 Å². The van der Waals surface area contributed by atoms with Gasteiger partial charge in [0.2, 0.25) is 11.8 Å². The monoisotopic (exact) mass is 404 g/mol. The van der Waals surface area contributed by atoms with Crippen LogP contribution in [-0.2, 0) is 9.59 Å². The number of carbonyl (C=O) groups excluding carboxylic acids is 2. The minimum atomic E-state index is -0.848. The third kappa shape index (κ3) is 5.43. The molecule has 2 fully saturated rings. The molecule has 158 valence electrons. The molecule has 0 radical (unpaired) electrons. The van der Waals surface area contributed by atoms with Crippen LogP contribution >= 0.6 is 0 Å². The summed E-state index contributed by atoms with van der Waals surface area (Å²) in [7, 11) is 0. The summed E-state index contributed by atoms with van der Waals surface area (Å²) in [6.07, 6.45) is 6.33. The summed E-state index contributed by atoms with van der Waals surface area (Å²) >= 11 is 0. The Kier molecular flexibility index (Phi) is 7.04. The molecule has 6 heteroatoms. The van der Waals surface area contributed by atoms with Crippen LogP contribution in [0.4, 0.5) is 8.78 Å². The van der Waals surface area contributed by atoms with Gasteiger partial charge in [-0.1, -0.05) is 25.5 Å². The summed E-state index contributed by atoms with van der Waals surface area (Å²) in [5.74, 6) is -1.40. The van der Waals surface area contributed by atoms with E-state index in [0.717, 1.165) is 24.5 Å². The van der Waals surface area contributed by atoms with Gasteiger partial charge in [0.25, 0.3) is 0 Å². The van der Waals surface area contributed by atoms with Crippen molar-refractivity contribution in [2.24, 2.45) is 5.92 Å². The normalized spacial score (nSPS) is 19.2. The smallest absolute Gasteiger partial charge is 0.249 e. The first-order valence-corrected chi connectivity index (χ1v) is 10.5. The van der Waals surface area contributed by atoms with Crippen molar-refractivity contribution in [2.45, 2.75) is 63.8 Å². The number of carbonyl (C=O) groups is 2. The predicted octanol–water partition coefficient (Wildman–Crippen LogP) is 4.31. The SMILES string of the molecule is C=C(C)[C@@H](NC(=O)CC1CCCC1)C(=O)N1CCC(c2ccc(F)c(F)c2)CC1. The van der Waals surface area contributed by atoms with E-state index in [9.17, 15) is 18.4 Å². The Bertz CT molecular complexity index is 766. The highest BCUT2D eigenvalue weighted by molar-refractivity contribution is 5.90. The number of nitrogens with one attached hydrogen (secondary N) is 1. The second kappa shape index (κ2) is 9.51. The number of amides is 2. The van der Waals surface area contributed by atoms with Gasteiger partial charge < -0.3 is 10.2 Å². The fraction of sp³-hybridized carbons (Fsp3) is 0.565. The fourth-order valence-corrected chi connectivity index (χ4v) is 4.47. The maximum Gasteiger partial charge on any atom is 0.249 e. The third-order valence-corrected chi connectivity index (χ3v) is 6.22. The molecule has 1 aromatic carbocycles. The fourth-order valence-electron chi connectivity index (χ4n) is 4.47. The molecule has 1 aliphatic carbocycles. The van der Waals surface area contributed by atoms with Crippen molar-refractivity contribution in [3.63, 3.8) is 0 Å². The molecule has 29 heavy (non-hydrogen) atoms. The van der Waals surface area contributed by atoms with Gasteiger partial charge in [0.05, 0.1) is 0 Å². The summed E-state index contributed by atoms with van der Waals surface area (Å²) in [6, 6.07) is 3.31. The lowest BCUT2D eigenvalue weighted by Gasteiger charge is -2.35. The Labute approximate surface area is 171 Å². The van der Waals surface area contributed by atoms with Crippen LogP contribution in [0.3, 0.4) is 0 Å². The van der Waals surface area contributed by atoms with Crippen molar-refractivity contribution in [2.75, 3.05) is 13.1 Å². The Morgan fingerprint density at radius 2 is 1.79 bits per heavy atom. The topological polar surface area (TPSA) is 49.4 Å². The number of nitrogens with zero attached hydrogens (tertiary/aromatic N) is 1. The van der Waals surface area contributed by atoms with Gasteiger partial charge in [0.15, 0.2) is 11.6 Å². The number of rotatable bonds is 6. The standard InChI is InChI=1S/C23H30F2N2O2/c1-15(2)22(26-21(28)13-16-5-3-4-6-16)23(29)27-11-9-17(10-12-27)18-7-8-19(24)20(25)14-18/h7-8,14,16-17,22H,1,3-6,9-13H2,2H3,(H,26,28)/t22-/m1/s1. The molecular weight excluding hydrogens is 374 g/mol. The van der Waals surface area contributed by atoms with Crippen LogP contribution in [0.5, 0.6) is 0 Å². The minimum absolute atomic E-state index is 0.0880. The predicted molar refractivity (Wildman–Crippen MR) is 108 cm³/mol. The van der Waals surface area contributed by atoms with Crippen molar-refractivity contribution in [3.05, 3.63) is 47.5 Å². The Morgan fingerprint density at radius 1 is 1.14 bits per heavy atom. The summed E-state index contributed by atoms with van der Waals surface area (Å²) < 4.78 is 26.7. The van der Waals surface area contributed by atoms with Crippen LogP contribution in [0.1, 0.15) is 63.4 Å². The van der Waals surface area contributed by atoms with Crippen molar-refractivity contribution in [1.29, 1.82) is 0 Å². The highest BCUT2D eigenvalue weighted by Crippen LogP contribution is 2.30. The third-order valence-electron chi connectivity index (χ3n) is 6.22.